The number of anilines is 1. The summed E-state index contributed by atoms with van der Waals surface area (Å²) in [5.41, 5.74) is 0.475. The van der Waals surface area contributed by atoms with Gasteiger partial charge < -0.3 is 5.32 Å². The summed E-state index contributed by atoms with van der Waals surface area (Å²) >= 11 is 0. The molecule has 19 heavy (non-hydrogen) atoms. The minimum absolute atomic E-state index is 0.0809. The van der Waals surface area contributed by atoms with Gasteiger partial charge in [0, 0.05) is 7.05 Å². The van der Waals surface area contributed by atoms with E-state index in [0.29, 0.717) is 18.7 Å². The smallest absolute Gasteiger partial charge is 0.234 e. The number of rotatable bonds is 8. The van der Waals surface area contributed by atoms with E-state index in [9.17, 15) is 12.8 Å². The molecular formula is C13H21FN2O2S. The predicted molar refractivity (Wildman–Crippen MR) is 76.4 cm³/mol. The van der Waals surface area contributed by atoms with Gasteiger partial charge in [-0.2, -0.15) is 0 Å². The first-order valence-electron chi connectivity index (χ1n) is 6.40. The summed E-state index contributed by atoms with van der Waals surface area (Å²) in [6.07, 6.45) is 1.59. The number of nitrogens with zero attached hydrogens (tertiary/aromatic N) is 1. The molecule has 6 heteroatoms. The van der Waals surface area contributed by atoms with Crippen molar-refractivity contribution in [1.82, 2.24) is 5.32 Å². The summed E-state index contributed by atoms with van der Waals surface area (Å²) in [5, 5.41) is 3.16. The van der Waals surface area contributed by atoms with Crippen molar-refractivity contribution < 1.29 is 12.8 Å². The van der Waals surface area contributed by atoms with Crippen molar-refractivity contribution in [2.45, 2.75) is 19.8 Å². The van der Waals surface area contributed by atoms with Gasteiger partial charge in [-0.1, -0.05) is 6.92 Å². The fourth-order valence-corrected chi connectivity index (χ4v) is 2.86. The molecule has 0 aliphatic rings. The molecule has 0 saturated carbocycles. The Balaban J connectivity index is 2.54. The van der Waals surface area contributed by atoms with Crippen molar-refractivity contribution in [2.75, 3.05) is 30.2 Å². The van der Waals surface area contributed by atoms with Crippen LogP contribution in [0.3, 0.4) is 0 Å². The highest BCUT2D eigenvalue weighted by Crippen LogP contribution is 2.17. The van der Waals surface area contributed by atoms with Crippen LogP contribution in [0.4, 0.5) is 10.1 Å². The lowest BCUT2D eigenvalue weighted by Gasteiger charge is -2.19. The van der Waals surface area contributed by atoms with E-state index >= 15 is 0 Å². The summed E-state index contributed by atoms with van der Waals surface area (Å²) in [4.78, 5) is 0. The van der Waals surface area contributed by atoms with Crippen molar-refractivity contribution in [3.63, 3.8) is 0 Å². The first-order chi connectivity index (χ1) is 8.97. The maximum atomic E-state index is 12.8. The van der Waals surface area contributed by atoms with Crippen molar-refractivity contribution >= 4 is 15.7 Å². The van der Waals surface area contributed by atoms with Gasteiger partial charge in [-0.15, -0.1) is 0 Å². The molecule has 0 bridgehead atoms. The lowest BCUT2D eigenvalue weighted by atomic mass is 10.3. The first-order valence-corrected chi connectivity index (χ1v) is 8.01. The monoisotopic (exact) mass is 288 g/mol. The molecule has 4 nitrogen and oxygen atoms in total. The molecule has 108 valence electrons. The van der Waals surface area contributed by atoms with Gasteiger partial charge in [0.15, 0.2) is 0 Å². The second-order valence-corrected chi connectivity index (χ2v) is 6.48. The molecule has 0 heterocycles. The Morgan fingerprint density at radius 1 is 1.21 bits per heavy atom. The predicted octanol–water partition coefficient (Wildman–Crippen LogP) is 1.98. The second-order valence-electron chi connectivity index (χ2n) is 4.36. The van der Waals surface area contributed by atoms with Crippen LogP contribution in [0, 0.1) is 5.82 Å². The van der Waals surface area contributed by atoms with Crippen molar-refractivity contribution in [3.8, 4) is 0 Å². The maximum absolute atomic E-state index is 12.8. The minimum atomic E-state index is -3.34. The molecule has 0 amide bonds. The molecule has 0 aliphatic carbocycles. The Hall–Kier alpha value is -1.14. The van der Waals surface area contributed by atoms with E-state index in [1.165, 1.54) is 35.6 Å². The van der Waals surface area contributed by atoms with Crippen LogP contribution in [-0.4, -0.2) is 34.3 Å². The van der Waals surface area contributed by atoms with Crippen LogP contribution in [0.2, 0.25) is 0 Å². The zero-order chi connectivity index (χ0) is 14.3. The molecule has 1 aromatic rings. The number of sulfonamides is 1. The van der Waals surface area contributed by atoms with E-state index in [0.717, 1.165) is 13.0 Å². The van der Waals surface area contributed by atoms with E-state index in [1.54, 1.807) is 0 Å². The summed E-state index contributed by atoms with van der Waals surface area (Å²) in [7, 11) is -1.85. The van der Waals surface area contributed by atoms with Crippen LogP contribution >= 0.6 is 0 Å². The lowest BCUT2D eigenvalue weighted by molar-refractivity contribution is 0.586. The summed E-state index contributed by atoms with van der Waals surface area (Å²) < 4.78 is 38.1. The Labute approximate surface area is 114 Å². The van der Waals surface area contributed by atoms with Crippen molar-refractivity contribution in [2.24, 2.45) is 0 Å². The topological polar surface area (TPSA) is 49.4 Å². The van der Waals surface area contributed by atoms with Gasteiger partial charge >= 0.3 is 0 Å². The molecule has 1 N–H and O–H groups in total. The molecule has 0 radical (unpaired) electrons. The Morgan fingerprint density at radius 2 is 1.84 bits per heavy atom. The number of nitrogens with one attached hydrogen (secondary N) is 1. The zero-order valence-electron chi connectivity index (χ0n) is 11.4. The average Bonchev–Trinajstić information content (AvgIpc) is 2.38. The Morgan fingerprint density at radius 3 is 2.42 bits per heavy atom. The molecule has 0 atom stereocenters. The zero-order valence-corrected chi connectivity index (χ0v) is 12.2. The van der Waals surface area contributed by atoms with E-state index < -0.39 is 10.0 Å². The molecular weight excluding hydrogens is 267 g/mol. The third kappa shape index (κ3) is 5.16. The van der Waals surface area contributed by atoms with Gasteiger partial charge in [-0.3, -0.25) is 4.31 Å². The number of hydrogen-bond donors (Lipinski definition) is 1. The third-order valence-electron chi connectivity index (χ3n) is 2.79. The highest BCUT2D eigenvalue weighted by Gasteiger charge is 2.17. The lowest BCUT2D eigenvalue weighted by Crippen LogP contribution is -2.30. The van der Waals surface area contributed by atoms with Gasteiger partial charge in [0.25, 0.3) is 0 Å². The summed E-state index contributed by atoms with van der Waals surface area (Å²) in [6, 6.07) is 5.43. The fourth-order valence-electron chi connectivity index (χ4n) is 1.63. The molecule has 0 spiro atoms. The van der Waals surface area contributed by atoms with Gasteiger partial charge in [0.05, 0.1) is 11.4 Å². The number of halogens is 1. The quantitative estimate of drug-likeness (QED) is 0.744. The Kier molecular flexibility index (Phi) is 6.24. The highest BCUT2D eigenvalue weighted by molar-refractivity contribution is 7.92. The van der Waals surface area contributed by atoms with Crippen LogP contribution < -0.4 is 9.62 Å². The minimum Gasteiger partial charge on any atom is -0.317 e. The largest absolute Gasteiger partial charge is 0.317 e. The molecule has 1 aromatic carbocycles. The van der Waals surface area contributed by atoms with Crippen molar-refractivity contribution in [1.29, 1.82) is 0 Å². The van der Waals surface area contributed by atoms with Crippen LogP contribution in [0.1, 0.15) is 19.8 Å². The standard InChI is InChI=1S/C13H21FN2O2S/c1-3-9-15-10-4-11-19(17,18)16(2)13-7-5-12(14)6-8-13/h5-8,15H,3-4,9-11H2,1-2H3. The van der Waals surface area contributed by atoms with E-state index in [-0.39, 0.29) is 11.6 Å². The summed E-state index contributed by atoms with van der Waals surface area (Å²) in [6.45, 7) is 3.64. The second kappa shape index (κ2) is 7.45. The van der Waals surface area contributed by atoms with Crippen molar-refractivity contribution in [3.05, 3.63) is 30.1 Å². The SMILES string of the molecule is CCCNCCCS(=O)(=O)N(C)c1ccc(F)cc1. The van der Waals surface area contributed by atoms with Crippen LogP contribution in [0.25, 0.3) is 0 Å². The van der Waals surface area contributed by atoms with E-state index in [1.807, 2.05) is 0 Å². The molecule has 0 aromatic heterocycles. The third-order valence-corrected chi connectivity index (χ3v) is 4.64. The molecule has 0 saturated heterocycles. The van der Waals surface area contributed by atoms with Gasteiger partial charge in [0.1, 0.15) is 5.82 Å². The molecule has 1 rings (SSSR count). The average molecular weight is 288 g/mol. The molecule has 0 unspecified atom stereocenters. The van der Waals surface area contributed by atoms with Crippen LogP contribution in [0.15, 0.2) is 24.3 Å². The van der Waals surface area contributed by atoms with Gasteiger partial charge in [-0.25, -0.2) is 12.8 Å². The number of benzene rings is 1. The van der Waals surface area contributed by atoms with Gasteiger partial charge in [0.2, 0.25) is 10.0 Å². The molecule has 0 fully saturated rings. The highest BCUT2D eigenvalue weighted by atomic mass is 32.2. The van der Waals surface area contributed by atoms with E-state index in [2.05, 4.69) is 12.2 Å². The first kappa shape index (κ1) is 15.9. The molecule has 0 aliphatic heterocycles. The van der Waals surface area contributed by atoms with Crippen LogP contribution in [0.5, 0.6) is 0 Å². The van der Waals surface area contributed by atoms with Crippen LogP contribution in [-0.2, 0) is 10.0 Å². The fraction of sp³-hybridized carbons (Fsp3) is 0.538. The maximum Gasteiger partial charge on any atom is 0.234 e. The normalized spacial score (nSPS) is 11.5. The Bertz CT molecular complexity index is 474. The van der Waals surface area contributed by atoms with Gasteiger partial charge in [-0.05, 0) is 50.2 Å². The van der Waals surface area contributed by atoms with E-state index in [4.69, 9.17) is 0 Å². The summed E-state index contributed by atoms with van der Waals surface area (Å²) in [5.74, 6) is -0.296. The number of hydrogen-bond acceptors (Lipinski definition) is 3.